The average molecular weight is 229 g/mol. The minimum absolute atomic E-state index is 0.151. The van der Waals surface area contributed by atoms with Crippen LogP contribution in [0.3, 0.4) is 0 Å². The van der Waals surface area contributed by atoms with Crippen LogP contribution in [0.25, 0.3) is 0 Å². The summed E-state index contributed by atoms with van der Waals surface area (Å²) >= 11 is 0. The first-order valence-electron chi connectivity index (χ1n) is 5.44. The quantitative estimate of drug-likeness (QED) is 0.792. The first-order chi connectivity index (χ1) is 8.29. The van der Waals surface area contributed by atoms with Gasteiger partial charge in [-0.3, -0.25) is 0 Å². The van der Waals surface area contributed by atoms with Crippen molar-refractivity contribution < 1.29 is 9.84 Å². The van der Waals surface area contributed by atoms with Crippen molar-refractivity contribution in [1.29, 1.82) is 0 Å². The van der Waals surface area contributed by atoms with E-state index in [9.17, 15) is 5.11 Å². The maximum atomic E-state index is 9.47. The van der Waals surface area contributed by atoms with E-state index in [1.165, 1.54) is 12.7 Å². The van der Waals surface area contributed by atoms with E-state index in [1.54, 1.807) is 12.1 Å². The Balaban J connectivity index is 2.04. The Hall–Kier alpha value is -2.16. The molecule has 0 radical (unpaired) electrons. The van der Waals surface area contributed by atoms with E-state index in [4.69, 9.17) is 4.74 Å². The molecular formula is C14H15NO2. The van der Waals surface area contributed by atoms with E-state index in [-0.39, 0.29) is 5.75 Å². The van der Waals surface area contributed by atoms with Crippen molar-refractivity contribution in [2.24, 2.45) is 0 Å². The first kappa shape index (κ1) is 11.3. The van der Waals surface area contributed by atoms with Crippen LogP contribution in [0.1, 0.15) is 5.56 Å². The zero-order chi connectivity index (χ0) is 12.1. The lowest BCUT2D eigenvalue weighted by molar-refractivity contribution is 0.373. The van der Waals surface area contributed by atoms with Gasteiger partial charge in [0.25, 0.3) is 0 Å². The smallest absolute Gasteiger partial charge is 0.162 e. The molecule has 0 aliphatic heterocycles. The number of rotatable bonds is 4. The van der Waals surface area contributed by atoms with Gasteiger partial charge in [-0.1, -0.05) is 30.3 Å². The van der Waals surface area contributed by atoms with Gasteiger partial charge in [0.15, 0.2) is 11.5 Å². The summed E-state index contributed by atoms with van der Waals surface area (Å²) in [5.74, 6) is 0.626. The summed E-state index contributed by atoms with van der Waals surface area (Å²) in [6, 6.07) is 15.3. The standard InChI is InChI=1S/C14H15NO2/c1-17-14-9-12(7-8-13(14)16)15-10-11-5-3-2-4-6-11/h2-9,15-16H,10H2,1H3. The monoisotopic (exact) mass is 229 g/mol. The van der Waals surface area contributed by atoms with Gasteiger partial charge in [0.05, 0.1) is 7.11 Å². The van der Waals surface area contributed by atoms with E-state index in [0.717, 1.165) is 12.2 Å². The van der Waals surface area contributed by atoms with Crippen LogP contribution in [0.5, 0.6) is 11.5 Å². The number of phenols is 1. The van der Waals surface area contributed by atoms with Gasteiger partial charge in [-0.05, 0) is 17.7 Å². The third kappa shape index (κ3) is 2.91. The molecule has 0 aliphatic rings. The highest BCUT2D eigenvalue weighted by Crippen LogP contribution is 2.28. The first-order valence-corrected chi connectivity index (χ1v) is 5.44. The summed E-state index contributed by atoms with van der Waals surface area (Å²) < 4.78 is 5.05. The molecule has 0 unspecified atom stereocenters. The predicted molar refractivity (Wildman–Crippen MR) is 68.4 cm³/mol. The van der Waals surface area contributed by atoms with Crippen LogP contribution in [0.2, 0.25) is 0 Å². The van der Waals surface area contributed by atoms with E-state index in [2.05, 4.69) is 17.4 Å². The number of hydrogen-bond donors (Lipinski definition) is 2. The zero-order valence-electron chi connectivity index (χ0n) is 9.68. The van der Waals surface area contributed by atoms with Gasteiger partial charge in [0, 0.05) is 18.3 Å². The molecular weight excluding hydrogens is 214 g/mol. The highest BCUT2D eigenvalue weighted by Gasteiger charge is 2.02. The summed E-state index contributed by atoms with van der Waals surface area (Å²) in [5.41, 5.74) is 2.13. The zero-order valence-corrected chi connectivity index (χ0v) is 9.68. The number of phenolic OH excluding ortho intramolecular Hbond substituents is 1. The summed E-state index contributed by atoms with van der Waals surface area (Å²) in [7, 11) is 1.54. The highest BCUT2D eigenvalue weighted by molar-refractivity contribution is 5.54. The Bertz CT molecular complexity index is 483. The van der Waals surface area contributed by atoms with Crippen LogP contribution < -0.4 is 10.1 Å². The van der Waals surface area contributed by atoms with Gasteiger partial charge in [-0.25, -0.2) is 0 Å². The second-order valence-corrected chi connectivity index (χ2v) is 3.73. The van der Waals surface area contributed by atoms with Gasteiger partial charge in [0.2, 0.25) is 0 Å². The number of benzene rings is 2. The maximum Gasteiger partial charge on any atom is 0.162 e. The van der Waals surface area contributed by atoms with Crippen molar-refractivity contribution in [2.45, 2.75) is 6.54 Å². The number of aromatic hydroxyl groups is 1. The van der Waals surface area contributed by atoms with E-state index in [1.807, 2.05) is 24.3 Å². The topological polar surface area (TPSA) is 41.5 Å². The molecule has 2 aromatic carbocycles. The number of anilines is 1. The molecule has 88 valence electrons. The molecule has 0 bridgehead atoms. The summed E-state index contributed by atoms with van der Waals surface area (Å²) in [4.78, 5) is 0. The predicted octanol–water partition coefficient (Wildman–Crippen LogP) is 3.01. The van der Waals surface area contributed by atoms with E-state index >= 15 is 0 Å². The summed E-state index contributed by atoms with van der Waals surface area (Å²) in [5, 5.41) is 12.7. The summed E-state index contributed by atoms with van der Waals surface area (Å²) in [6.45, 7) is 0.745. The van der Waals surface area contributed by atoms with Crippen molar-refractivity contribution in [3.8, 4) is 11.5 Å². The molecule has 2 N–H and O–H groups in total. The van der Waals surface area contributed by atoms with Gasteiger partial charge < -0.3 is 15.2 Å². The lowest BCUT2D eigenvalue weighted by atomic mass is 10.2. The molecule has 3 nitrogen and oxygen atoms in total. The molecule has 2 rings (SSSR count). The molecule has 3 heteroatoms. The molecule has 2 aromatic rings. The fourth-order valence-electron chi connectivity index (χ4n) is 1.59. The van der Waals surface area contributed by atoms with Crippen LogP contribution in [0.15, 0.2) is 48.5 Å². The number of ether oxygens (including phenoxy) is 1. The van der Waals surface area contributed by atoms with E-state index < -0.39 is 0 Å². The number of methoxy groups -OCH3 is 1. The molecule has 0 aromatic heterocycles. The Morgan fingerprint density at radius 1 is 1.12 bits per heavy atom. The molecule has 0 spiro atoms. The fourth-order valence-corrected chi connectivity index (χ4v) is 1.59. The normalized spacial score (nSPS) is 9.94. The molecule has 0 aliphatic carbocycles. The molecule has 0 heterocycles. The minimum Gasteiger partial charge on any atom is -0.504 e. The lowest BCUT2D eigenvalue weighted by Crippen LogP contribution is -1.99. The van der Waals surface area contributed by atoms with Crippen LogP contribution in [0, 0.1) is 0 Å². The Morgan fingerprint density at radius 2 is 1.88 bits per heavy atom. The number of hydrogen-bond acceptors (Lipinski definition) is 3. The Morgan fingerprint density at radius 3 is 2.59 bits per heavy atom. The molecule has 0 saturated heterocycles. The molecule has 17 heavy (non-hydrogen) atoms. The number of nitrogens with one attached hydrogen (secondary N) is 1. The van der Waals surface area contributed by atoms with Crippen LogP contribution in [0.4, 0.5) is 5.69 Å². The maximum absolute atomic E-state index is 9.47. The highest BCUT2D eigenvalue weighted by atomic mass is 16.5. The lowest BCUT2D eigenvalue weighted by Gasteiger charge is -2.09. The third-order valence-corrected chi connectivity index (χ3v) is 2.52. The van der Waals surface area contributed by atoms with Crippen molar-refractivity contribution in [3.63, 3.8) is 0 Å². The van der Waals surface area contributed by atoms with Crippen LogP contribution in [-0.4, -0.2) is 12.2 Å². The molecule has 0 amide bonds. The summed E-state index contributed by atoms with van der Waals surface area (Å²) in [6.07, 6.45) is 0. The SMILES string of the molecule is COc1cc(NCc2ccccc2)ccc1O. The van der Waals surface area contributed by atoms with Crippen molar-refractivity contribution in [2.75, 3.05) is 12.4 Å². The van der Waals surface area contributed by atoms with Gasteiger partial charge >= 0.3 is 0 Å². The second-order valence-electron chi connectivity index (χ2n) is 3.73. The van der Waals surface area contributed by atoms with Gasteiger partial charge in [-0.2, -0.15) is 0 Å². The average Bonchev–Trinajstić information content (AvgIpc) is 2.39. The largest absolute Gasteiger partial charge is 0.504 e. The van der Waals surface area contributed by atoms with Crippen molar-refractivity contribution in [1.82, 2.24) is 0 Å². The molecule has 0 atom stereocenters. The second kappa shape index (κ2) is 5.25. The van der Waals surface area contributed by atoms with Crippen molar-refractivity contribution in [3.05, 3.63) is 54.1 Å². The molecule has 0 saturated carbocycles. The van der Waals surface area contributed by atoms with Crippen LogP contribution in [-0.2, 0) is 6.54 Å². The van der Waals surface area contributed by atoms with Gasteiger partial charge in [0.1, 0.15) is 0 Å². The van der Waals surface area contributed by atoms with Gasteiger partial charge in [-0.15, -0.1) is 0 Å². The van der Waals surface area contributed by atoms with Crippen LogP contribution >= 0.6 is 0 Å². The Labute approximate surface area is 101 Å². The third-order valence-electron chi connectivity index (χ3n) is 2.52. The minimum atomic E-state index is 0.151. The van der Waals surface area contributed by atoms with Crippen molar-refractivity contribution >= 4 is 5.69 Å². The Kier molecular flexibility index (Phi) is 3.50. The molecule has 0 fully saturated rings. The fraction of sp³-hybridized carbons (Fsp3) is 0.143. The van der Waals surface area contributed by atoms with E-state index in [0.29, 0.717) is 5.75 Å².